The van der Waals surface area contributed by atoms with Crippen molar-refractivity contribution in [3.05, 3.63) is 77.2 Å². The molecular formula is C32H33FN2O6. The topological polar surface area (TPSA) is 92.0 Å². The van der Waals surface area contributed by atoms with Gasteiger partial charge in [-0.25, -0.2) is 4.39 Å². The van der Waals surface area contributed by atoms with Crippen LogP contribution in [0.1, 0.15) is 61.8 Å². The molecule has 0 radical (unpaired) electrons. The van der Waals surface area contributed by atoms with Crippen molar-refractivity contribution in [3.63, 3.8) is 0 Å². The van der Waals surface area contributed by atoms with Crippen LogP contribution in [0.3, 0.4) is 0 Å². The largest absolute Gasteiger partial charge is 0.492 e. The molecule has 0 spiro atoms. The minimum Gasteiger partial charge on any atom is -0.492 e. The summed E-state index contributed by atoms with van der Waals surface area (Å²) in [6.07, 6.45) is 3.39. The van der Waals surface area contributed by atoms with E-state index >= 15 is 4.39 Å². The van der Waals surface area contributed by atoms with Gasteiger partial charge in [0.15, 0.2) is 0 Å². The van der Waals surface area contributed by atoms with E-state index in [0.29, 0.717) is 61.0 Å². The van der Waals surface area contributed by atoms with E-state index in [1.165, 1.54) is 13.2 Å². The van der Waals surface area contributed by atoms with Crippen molar-refractivity contribution in [2.24, 2.45) is 0 Å². The van der Waals surface area contributed by atoms with Crippen LogP contribution in [0.4, 0.5) is 4.39 Å². The summed E-state index contributed by atoms with van der Waals surface area (Å²) in [5, 5.41) is 15.4. The van der Waals surface area contributed by atoms with Crippen LogP contribution in [0, 0.1) is 5.82 Å². The fourth-order valence-electron chi connectivity index (χ4n) is 5.62. The second-order valence-corrected chi connectivity index (χ2v) is 11.3. The molecule has 2 aliphatic rings. The van der Waals surface area contributed by atoms with Gasteiger partial charge in [-0.1, -0.05) is 6.07 Å². The average Bonchev–Trinajstić information content (AvgIpc) is 3.66. The smallest absolute Gasteiger partial charge is 0.306 e. The molecule has 41 heavy (non-hydrogen) atoms. The van der Waals surface area contributed by atoms with Gasteiger partial charge in [0.1, 0.15) is 34.9 Å². The predicted octanol–water partition coefficient (Wildman–Crippen LogP) is 6.23. The number of hydrogen-bond acceptors (Lipinski definition) is 7. The number of carbonyl (C=O) groups excluding carboxylic acids is 1. The Bertz CT molecular complexity index is 1610. The van der Waals surface area contributed by atoms with Gasteiger partial charge in [-0.15, -0.1) is 0 Å². The second-order valence-electron chi connectivity index (χ2n) is 11.3. The minimum absolute atomic E-state index is 0.0582. The van der Waals surface area contributed by atoms with E-state index in [-0.39, 0.29) is 24.1 Å². The second kappa shape index (κ2) is 10.7. The lowest BCUT2D eigenvalue weighted by Crippen LogP contribution is -2.21. The molecule has 0 bridgehead atoms. The molecule has 4 aromatic rings. The number of benzene rings is 3. The molecule has 214 valence electrons. The maximum absolute atomic E-state index is 15.1. The fourth-order valence-corrected chi connectivity index (χ4v) is 5.62. The molecule has 0 saturated heterocycles. The van der Waals surface area contributed by atoms with Gasteiger partial charge >= 0.3 is 5.97 Å². The van der Waals surface area contributed by atoms with Gasteiger partial charge in [-0.3, -0.25) is 9.48 Å². The number of ether oxygens (including phenoxy) is 4. The van der Waals surface area contributed by atoms with Crippen LogP contribution in [0.25, 0.3) is 10.9 Å². The number of aromatic nitrogens is 2. The first kappa shape index (κ1) is 27.1. The zero-order valence-electron chi connectivity index (χ0n) is 23.4. The third-order valence-corrected chi connectivity index (χ3v) is 7.80. The molecule has 1 unspecified atom stereocenters. The minimum atomic E-state index is -0.769. The summed E-state index contributed by atoms with van der Waals surface area (Å²) >= 11 is 0. The van der Waals surface area contributed by atoms with Crippen molar-refractivity contribution in [3.8, 4) is 23.0 Å². The molecule has 8 nitrogen and oxygen atoms in total. The third kappa shape index (κ3) is 5.59. The van der Waals surface area contributed by atoms with E-state index < -0.39 is 11.7 Å². The molecule has 0 saturated carbocycles. The van der Waals surface area contributed by atoms with Gasteiger partial charge in [-0.05, 0) is 69.5 Å². The maximum atomic E-state index is 15.1. The van der Waals surface area contributed by atoms with Crippen LogP contribution in [0.5, 0.6) is 23.0 Å². The Morgan fingerprint density at radius 1 is 1.17 bits per heavy atom. The van der Waals surface area contributed by atoms with E-state index in [1.54, 1.807) is 32.2 Å². The van der Waals surface area contributed by atoms with Crippen LogP contribution in [0.2, 0.25) is 0 Å². The predicted molar refractivity (Wildman–Crippen MR) is 150 cm³/mol. The summed E-state index contributed by atoms with van der Waals surface area (Å²) in [5.74, 6) is 1.83. The van der Waals surface area contributed by atoms with E-state index in [9.17, 15) is 9.90 Å². The van der Waals surface area contributed by atoms with Gasteiger partial charge in [0.05, 0.1) is 37.5 Å². The highest BCUT2D eigenvalue weighted by Crippen LogP contribution is 2.44. The quantitative estimate of drug-likeness (QED) is 0.243. The van der Waals surface area contributed by atoms with E-state index in [4.69, 9.17) is 18.9 Å². The number of nitrogens with zero attached hydrogens (tertiary/aromatic N) is 2. The highest BCUT2D eigenvalue weighted by Gasteiger charge is 2.32. The molecule has 0 amide bonds. The molecule has 6 rings (SSSR count). The zero-order valence-corrected chi connectivity index (χ0v) is 23.4. The molecule has 1 aromatic heterocycles. The summed E-state index contributed by atoms with van der Waals surface area (Å²) in [4.78, 5) is 11.7. The Hall–Kier alpha value is -4.11. The van der Waals surface area contributed by atoms with Crippen molar-refractivity contribution < 1.29 is 33.2 Å². The number of hydrogen-bond donors (Lipinski definition) is 1. The van der Waals surface area contributed by atoms with E-state index in [2.05, 4.69) is 5.10 Å². The average molecular weight is 561 g/mol. The van der Waals surface area contributed by atoms with Gasteiger partial charge in [0.2, 0.25) is 0 Å². The molecule has 1 aliphatic carbocycles. The van der Waals surface area contributed by atoms with E-state index in [0.717, 1.165) is 22.0 Å². The van der Waals surface area contributed by atoms with Crippen molar-refractivity contribution in [2.75, 3.05) is 13.7 Å². The summed E-state index contributed by atoms with van der Waals surface area (Å²) in [5.41, 5.74) is 2.43. The molecule has 0 fully saturated rings. The lowest BCUT2D eigenvalue weighted by molar-refractivity contribution is -0.141. The van der Waals surface area contributed by atoms with Crippen LogP contribution < -0.4 is 14.2 Å². The van der Waals surface area contributed by atoms with Crippen molar-refractivity contribution >= 4 is 16.9 Å². The summed E-state index contributed by atoms with van der Waals surface area (Å²) in [6, 6.07) is 14.4. The van der Waals surface area contributed by atoms with Crippen LogP contribution >= 0.6 is 0 Å². The monoisotopic (exact) mass is 560 g/mol. The first-order valence-corrected chi connectivity index (χ1v) is 13.9. The third-order valence-electron chi connectivity index (χ3n) is 7.80. The fraction of sp³-hybridized carbons (Fsp3) is 0.375. The van der Waals surface area contributed by atoms with Crippen LogP contribution in [-0.4, -0.2) is 40.2 Å². The van der Waals surface area contributed by atoms with E-state index in [1.807, 2.05) is 35.0 Å². The number of aliphatic hydroxyl groups is 1. The van der Waals surface area contributed by atoms with Gasteiger partial charge in [0, 0.05) is 40.6 Å². The molecular weight excluding hydrogens is 527 g/mol. The number of carbonyl (C=O) groups is 1. The molecule has 1 N–H and O–H groups in total. The molecule has 1 aliphatic heterocycles. The summed E-state index contributed by atoms with van der Waals surface area (Å²) < 4.78 is 40.1. The maximum Gasteiger partial charge on any atom is 0.306 e. The highest BCUT2D eigenvalue weighted by molar-refractivity contribution is 5.80. The van der Waals surface area contributed by atoms with Crippen LogP contribution in [0.15, 0.2) is 54.7 Å². The summed E-state index contributed by atoms with van der Waals surface area (Å²) in [7, 11) is 1.38. The first-order chi connectivity index (χ1) is 19.7. The molecule has 3 aromatic carbocycles. The number of halogens is 1. The SMILES string of the molecule is COC(=O)CC1COc2cc(O[C@@H]3CCc4c(Oc5ccc6c(cnn6CCC(C)(C)O)c5)ccc(F)c43)ccc21. The molecule has 9 heteroatoms. The highest BCUT2D eigenvalue weighted by atomic mass is 19.1. The van der Waals surface area contributed by atoms with Crippen molar-refractivity contribution in [1.29, 1.82) is 0 Å². The Kier molecular flexibility index (Phi) is 7.07. The Morgan fingerprint density at radius 3 is 2.80 bits per heavy atom. The van der Waals surface area contributed by atoms with Gasteiger partial charge < -0.3 is 24.1 Å². The Labute approximate surface area is 237 Å². The number of aryl methyl sites for hydroxylation is 1. The zero-order chi connectivity index (χ0) is 28.7. The number of fused-ring (bicyclic) bond motifs is 3. The van der Waals surface area contributed by atoms with Gasteiger partial charge in [0.25, 0.3) is 0 Å². The Balaban J connectivity index is 1.18. The number of methoxy groups -OCH3 is 1. The number of rotatable bonds is 9. The Morgan fingerprint density at radius 2 is 2.00 bits per heavy atom. The lowest BCUT2D eigenvalue weighted by atomic mass is 9.98. The normalized spacial score (nSPS) is 17.7. The van der Waals surface area contributed by atoms with Gasteiger partial charge in [-0.2, -0.15) is 5.10 Å². The van der Waals surface area contributed by atoms with Crippen molar-refractivity contribution in [2.45, 2.75) is 63.7 Å². The molecule has 2 heterocycles. The number of esters is 1. The van der Waals surface area contributed by atoms with Crippen molar-refractivity contribution in [1.82, 2.24) is 9.78 Å². The standard InChI is InChI=1S/C32H33FN2O6/c1-32(2,37)12-13-35-26-9-5-21(14-19(26)17-34-35)40-27-11-8-25(33)31-24(27)7-10-28(31)41-22-4-6-23-20(15-30(36)38-3)18-39-29(23)16-22/h4-6,8-9,11,14,16-17,20,28,37H,7,10,12-13,15,18H2,1-3H3/t20?,28-/m1/s1. The lowest BCUT2D eigenvalue weighted by Gasteiger charge is -2.17. The summed E-state index contributed by atoms with van der Waals surface area (Å²) in [6.45, 7) is 4.57. The van der Waals surface area contributed by atoms with Crippen LogP contribution in [-0.2, 0) is 22.5 Å². The first-order valence-electron chi connectivity index (χ1n) is 13.9. The molecule has 2 atom stereocenters.